The van der Waals surface area contributed by atoms with Gasteiger partial charge in [0.15, 0.2) is 22.2 Å². The molecule has 0 saturated heterocycles. The fourth-order valence-corrected chi connectivity index (χ4v) is 3.61. The van der Waals surface area contributed by atoms with Crippen LogP contribution in [0.1, 0.15) is 5.56 Å². The van der Waals surface area contributed by atoms with Crippen molar-refractivity contribution in [3.63, 3.8) is 0 Å². The minimum atomic E-state index is -4.77. The molecule has 0 aliphatic carbocycles. The van der Waals surface area contributed by atoms with Crippen molar-refractivity contribution < 1.29 is 99.3 Å². The summed E-state index contributed by atoms with van der Waals surface area (Å²) in [5.41, 5.74) is 0.150. The Kier molecular flexibility index (Phi) is 13.6. The second-order valence-electron chi connectivity index (χ2n) is 3.73. The van der Waals surface area contributed by atoms with Crippen LogP contribution in [-0.4, -0.2) is 33.7 Å². The molecule has 1 rings (SSSR count). The van der Waals surface area contributed by atoms with Crippen molar-refractivity contribution in [2.45, 2.75) is 16.7 Å². The minimum Gasteiger partial charge on any atom is -0.744 e. The van der Waals surface area contributed by atoms with Crippen LogP contribution in [0, 0.1) is 6.92 Å². The van der Waals surface area contributed by atoms with Gasteiger partial charge in [0.2, 0.25) is 0 Å². The van der Waals surface area contributed by atoms with Gasteiger partial charge >= 0.3 is 59.1 Å². The fourth-order valence-electron chi connectivity index (χ4n) is 1.37. The first-order chi connectivity index (χ1) is 9.68. The summed E-state index contributed by atoms with van der Waals surface area (Å²) in [4.78, 5) is -0.918. The summed E-state index contributed by atoms with van der Waals surface area (Å²) in [7, 11) is -8.63. The van der Waals surface area contributed by atoms with Gasteiger partial charge in [-0.3, -0.25) is 9.22 Å². The molecule has 0 aliphatic heterocycles. The molecule has 1 aromatic rings. The van der Waals surface area contributed by atoms with E-state index in [0.29, 0.717) is 0 Å². The third-order valence-corrected chi connectivity index (χ3v) is 5.36. The van der Waals surface area contributed by atoms with Gasteiger partial charge in [0.1, 0.15) is 10.1 Å². The number of hydrogen-bond acceptors (Lipinski definition) is 10. The molecule has 0 aliphatic rings. The van der Waals surface area contributed by atoms with Crippen molar-refractivity contribution >= 4 is 32.3 Å². The predicted octanol–water partition coefficient (Wildman–Crippen LogP) is -6.52. The molecule has 0 amide bonds. The zero-order valence-corrected chi connectivity index (χ0v) is 19.0. The number of hydrogen-bond donors (Lipinski definition) is 0. The minimum absolute atomic E-state index is 0. The Morgan fingerprint density at radius 2 is 1.78 bits per heavy atom. The van der Waals surface area contributed by atoms with Gasteiger partial charge in [-0.15, -0.1) is 4.33 Å². The molecule has 23 heavy (non-hydrogen) atoms. The van der Waals surface area contributed by atoms with E-state index < -0.39 is 30.6 Å². The number of benzene rings is 1. The van der Waals surface area contributed by atoms with Crippen LogP contribution in [0.5, 0.6) is 0 Å². The largest absolute Gasteiger partial charge is 1.00 e. The maximum Gasteiger partial charge on any atom is 1.00 e. The van der Waals surface area contributed by atoms with Crippen LogP contribution in [0.2, 0.25) is 0 Å². The van der Waals surface area contributed by atoms with E-state index in [9.17, 15) is 26.6 Å². The number of rotatable bonds is 8. The molecule has 0 radical (unpaired) electrons. The Morgan fingerprint density at radius 1 is 1.17 bits per heavy atom. The van der Waals surface area contributed by atoms with E-state index in [1.54, 1.807) is 0 Å². The van der Waals surface area contributed by atoms with Crippen molar-refractivity contribution in [2.75, 3.05) is 12.4 Å². The Bertz CT molecular complexity index is 690. The number of sulfone groups is 1. The maximum absolute atomic E-state index is 11.9. The average molecular weight is 404 g/mol. The summed E-state index contributed by atoms with van der Waals surface area (Å²) >= 11 is 0.154. The summed E-state index contributed by atoms with van der Waals surface area (Å²) in [5, 5.41) is 12.4. The zero-order chi connectivity index (χ0) is 16.1. The zero-order valence-electron chi connectivity index (χ0n) is 12.5. The molecule has 0 saturated carbocycles. The monoisotopic (exact) mass is 404 g/mol. The third kappa shape index (κ3) is 8.96. The van der Waals surface area contributed by atoms with Gasteiger partial charge in [-0.2, -0.15) is 0 Å². The molecule has 0 heterocycles. The predicted molar refractivity (Wildman–Crippen MR) is 66.9 cm³/mol. The molecular weight excluding hydrogens is 394 g/mol. The Labute approximate surface area is 182 Å². The Balaban J connectivity index is 0. The van der Waals surface area contributed by atoms with E-state index in [1.165, 1.54) is 19.1 Å². The first-order valence-corrected chi connectivity index (χ1v) is 8.95. The summed E-state index contributed by atoms with van der Waals surface area (Å²) in [6, 6.07) is 3.21. The van der Waals surface area contributed by atoms with Crippen LogP contribution in [0.4, 0.5) is 0 Å². The van der Waals surface area contributed by atoms with Crippen LogP contribution in [0.25, 0.3) is 0 Å². The van der Waals surface area contributed by atoms with Crippen LogP contribution in [-0.2, 0) is 33.5 Å². The van der Waals surface area contributed by atoms with Crippen molar-refractivity contribution in [3.05, 3.63) is 23.8 Å². The van der Waals surface area contributed by atoms with Crippen molar-refractivity contribution in [1.82, 2.24) is 0 Å². The quantitative estimate of drug-likeness (QED) is 0.102. The number of aryl methyl sites for hydroxylation is 1. The Morgan fingerprint density at radius 3 is 2.30 bits per heavy atom. The van der Waals surface area contributed by atoms with Gasteiger partial charge in [0.25, 0.3) is 0 Å². The molecule has 0 fully saturated rings. The summed E-state index contributed by atoms with van der Waals surface area (Å²) in [5.74, 6) is -0.510. The molecule has 1 aromatic carbocycles. The van der Waals surface area contributed by atoms with Gasteiger partial charge in [-0.25, -0.2) is 16.8 Å². The molecule has 0 unspecified atom stereocenters. The normalized spacial score (nSPS) is 11.4. The van der Waals surface area contributed by atoms with E-state index in [-0.39, 0.29) is 88.5 Å². The molecule has 0 bridgehead atoms. The third-order valence-electron chi connectivity index (χ3n) is 2.33. The molecule has 9 nitrogen and oxygen atoms in total. The van der Waals surface area contributed by atoms with Crippen LogP contribution in [0.3, 0.4) is 0 Å². The molecule has 120 valence electrons. The van der Waals surface area contributed by atoms with E-state index in [2.05, 4.69) is 13.6 Å². The van der Waals surface area contributed by atoms with E-state index in [0.717, 1.165) is 6.07 Å². The van der Waals surface area contributed by atoms with Crippen LogP contribution < -0.4 is 64.4 Å². The van der Waals surface area contributed by atoms with Gasteiger partial charge in [-0.1, -0.05) is 6.07 Å². The van der Waals surface area contributed by atoms with E-state index in [1.807, 2.05) is 0 Å². The van der Waals surface area contributed by atoms with E-state index >= 15 is 0 Å². The summed E-state index contributed by atoms with van der Waals surface area (Å²) < 4.78 is 65.3. The summed E-state index contributed by atoms with van der Waals surface area (Å²) in [6.45, 7) is 1.03. The molecule has 0 N–H and O–H groups in total. The molecular formula is C9H10Na2O9S3. The molecule has 14 heteroatoms. The molecule has 0 aromatic heterocycles. The average Bonchev–Trinajstić information content (AvgIpc) is 2.37. The smallest absolute Gasteiger partial charge is 0.744 e. The van der Waals surface area contributed by atoms with Gasteiger partial charge < -0.3 is 9.81 Å². The SMILES string of the molecule is Cc1ccc(S(=O)(=O)CCOSOO[O-])cc1S(=O)(=O)[O-].[Na+].[Na+]. The first-order valence-electron chi connectivity index (χ1n) is 5.22. The first kappa shape index (κ1) is 26.5. The van der Waals surface area contributed by atoms with Gasteiger partial charge in [-0.05, 0) is 24.6 Å². The van der Waals surface area contributed by atoms with Crippen molar-refractivity contribution in [3.8, 4) is 0 Å². The molecule has 0 atom stereocenters. The standard InChI is InChI=1S/C9H12O9S3.2Na/c1-7-2-3-8(6-9(7)21(13,14)15)20(11,12)5-4-16-19-18-17-10;;/h2-3,6,10H,4-5H2,1H3,(H,13,14,15);;/q;2*+1/p-2. The fraction of sp³-hybridized carbons (Fsp3) is 0.333. The van der Waals surface area contributed by atoms with E-state index in [4.69, 9.17) is 0 Å². The second-order valence-corrected chi connectivity index (χ2v) is 7.69. The van der Waals surface area contributed by atoms with Gasteiger partial charge in [0.05, 0.1) is 22.2 Å². The topological polar surface area (TPSA) is 142 Å². The van der Waals surface area contributed by atoms with Crippen molar-refractivity contribution in [2.24, 2.45) is 0 Å². The molecule has 0 spiro atoms. The second kappa shape index (κ2) is 11.8. The maximum atomic E-state index is 11.9. The summed E-state index contributed by atoms with van der Waals surface area (Å²) in [6.07, 6.45) is 0. The Hall–Kier alpha value is 1.27. The van der Waals surface area contributed by atoms with Crippen molar-refractivity contribution in [1.29, 1.82) is 0 Å². The van der Waals surface area contributed by atoms with Crippen LogP contribution in [0.15, 0.2) is 28.0 Å². The van der Waals surface area contributed by atoms with Crippen LogP contribution >= 0.6 is 12.3 Å². The van der Waals surface area contributed by atoms with Gasteiger partial charge in [0, 0.05) is 0 Å².